The molecule has 15 heavy (non-hydrogen) atoms. The van der Waals surface area contributed by atoms with Crippen LogP contribution in [0.15, 0.2) is 22.9 Å². The molecule has 0 unspecified atom stereocenters. The van der Waals surface area contributed by atoms with Crippen LogP contribution in [-0.4, -0.2) is 20.9 Å². The van der Waals surface area contributed by atoms with Gasteiger partial charge in [0.25, 0.3) is 0 Å². The summed E-state index contributed by atoms with van der Waals surface area (Å²) in [7, 11) is 1.70. The summed E-state index contributed by atoms with van der Waals surface area (Å²) in [6.45, 7) is 1.79. The minimum absolute atomic E-state index is 0.182. The van der Waals surface area contributed by atoms with Crippen LogP contribution in [0, 0.1) is 6.92 Å². The Balaban J connectivity index is 2.66. The van der Waals surface area contributed by atoms with E-state index in [1.165, 1.54) is 17.1 Å². The minimum Gasteiger partial charge on any atom is -0.478 e. The maximum atomic E-state index is 11.0. The zero-order valence-electron chi connectivity index (χ0n) is 8.39. The predicted octanol–water partition coefficient (Wildman–Crippen LogP) is 1.69. The molecule has 0 aromatic carbocycles. The molecule has 0 aliphatic carbocycles. The molecule has 0 aliphatic heterocycles. The monoisotopic (exact) mass is 206 g/mol. The first-order valence-electron chi connectivity index (χ1n) is 4.41. The molecular formula is C10H10N2O3. The molecule has 0 amide bonds. The SMILES string of the molecule is Cc1occc1-c1c(C(=O)O)cnn1C. The minimum atomic E-state index is -0.987. The summed E-state index contributed by atoms with van der Waals surface area (Å²) in [5, 5.41) is 12.9. The third-order valence-electron chi connectivity index (χ3n) is 2.28. The van der Waals surface area contributed by atoms with Crippen LogP contribution in [0.2, 0.25) is 0 Å². The second kappa shape index (κ2) is 3.27. The standard InChI is InChI=1S/C10H10N2O3/c1-6-7(3-4-15-6)9-8(10(13)14)5-11-12(9)2/h3-5H,1-2H3,(H,13,14). The zero-order valence-corrected chi connectivity index (χ0v) is 8.39. The smallest absolute Gasteiger partial charge is 0.339 e. The van der Waals surface area contributed by atoms with Gasteiger partial charge in [0.1, 0.15) is 11.3 Å². The van der Waals surface area contributed by atoms with Gasteiger partial charge in [-0.1, -0.05) is 0 Å². The number of hydrogen-bond donors (Lipinski definition) is 1. The summed E-state index contributed by atoms with van der Waals surface area (Å²) in [5.41, 5.74) is 1.50. The Kier molecular flexibility index (Phi) is 2.07. The highest BCUT2D eigenvalue weighted by Crippen LogP contribution is 2.26. The highest BCUT2D eigenvalue weighted by Gasteiger charge is 2.19. The Labute approximate surface area is 85.9 Å². The highest BCUT2D eigenvalue weighted by molar-refractivity contribution is 5.94. The number of carboxylic acid groups (broad SMARTS) is 1. The normalized spacial score (nSPS) is 10.5. The number of hydrogen-bond acceptors (Lipinski definition) is 3. The van der Waals surface area contributed by atoms with Crippen molar-refractivity contribution in [3.8, 4) is 11.3 Å². The Hall–Kier alpha value is -2.04. The van der Waals surface area contributed by atoms with Crippen molar-refractivity contribution in [2.24, 2.45) is 7.05 Å². The zero-order chi connectivity index (χ0) is 11.0. The lowest BCUT2D eigenvalue weighted by Gasteiger charge is -2.01. The van der Waals surface area contributed by atoms with Gasteiger partial charge in [-0.05, 0) is 13.0 Å². The topological polar surface area (TPSA) is 68.3 Å². The number of rotatable bonds is 2. The molecule has 1 N–H and O–H groups in total. The molecule has 5 heteroatoms. The Morgan fingerprint density at radius 1 is 1.60 bits per heavy atom. The van der Waals surface area contributed by atoms with Crippen molar-refractivity contribution in [1.82, 2.24) is 9.78 Å². The molecule has 78 valence electrons. The first kappa shape index (κ1) is 9.51. The maximum absolute atomic E-state index is 11.0. The quantitative estimate of drug-likeness (QED) is 0.811. The molecule has 0 spiro atoms. The molecule has 0 fully saturated rings. The molecule has 5 nitrogen and oxygen atoms in total. The molecule has 2 heterocycles. The number of nitrogens with zero attached hydrogens (tertiary/aromatic N) is 2. The van der Waals surface area contributed by atoms with Crippen LogP contribution in [0.3, 0.4) is 0 Å². The number of carbonyl (C=O) groups is 1. The lowest BCUT2D eigenvalue weighted by atomic mass is 10.1. The Bertz CT molecular complexity index is 510. The predicted molar refractivity (Wildman–Crippen MR) is 52.6 cm³/mol. The van der Waals surface area contributed by atoms with Crippen LogP contribution in [0.4, 0.5) is 0 Å². The first-order chi connectivity index (χ1) is 7.11. The van der Waals surface area contributed by atoms with Gasteiger partial charge in [0.05, 0.1) is 18.2 Å². The lowest BCUT2D eigenvalue weighted by Crippen LogP contribution is -2.00. The van der Waals surface area contributed by atoms with Crippen molar-refractivity contribution in [3.63, 3.8) is 0 Å². The van der Waals surface area contributed by atoms with Crippen LogP contribution in [0.5, 0.6) is 0 Å². The van der Waals surface area contributed by atoms with Gasteiger partial charge in [-0.15, -0.1) is 0 Å². The molecular weight excluding hydrogens is 196 g/mol. The average molecular weight is 206 g/mol. The van der Waals surface area contributed by atoms with Gasteiger partial charge in [-0.25, -0.2) is 4.79 Å². The average Bonchev–Trinajstić information content (AvgIpc) is 2.71. The second-order valence-electron chi connectivity index (χ2n) is 3.23. The number of aromatic nitrogens is 2. The van der Waals surface area contributed by atoms with Crippen LogP contribution >= 0.6 is 0 Å². The fourth-order valence-electron chi connectivity index (χ4n) is 1.54. The van der Waals surface area contributed by atoms with E-state index in [1.54, 1.807) is 20.0 Å². The number of furan rings is 1. The number of carboxylic acids is 1. The van der Waals surface area contributed by atoms with E-state index < -0.39 is 5.97 Å². The number of aryl methyl sites for hydroxylation is 2. The van der Waals surface area contributed by atoms with E-state index in [1.807, 2.05) is 0 Å². The van der Waals surface area contributed by atoms with Gasteiger partial charge in [0.15, 0.2) is 0 Å². The summed E-state index contributed by atoms with van der Waals surface area (Å²) in [4.78, 5) is 11.0. The Morgan fingerprint density at radius 3 is 2.87 bits per heavy atom. The number of aromatic carboxylic acids is 1. The molecule has 2 aromatic heterocycles. The fraction of sp³-hybridized carbons (Fsp3) is 0.200. The van der Waals surface area contributed by atoms with Crippen molar-refractivity contribution in [3.05, 3.63) is 29.9 Å². The van der Waals surface area contributed by atoms with Crippen molar-refractivity contribution in [2.75, 3.05) is 0 Å². The Morgan fingerprint density at radius 2 is 2.33 bits per heavy atom. The first-order valence-corrected chi connectivity index (χ1v) is 4.41. The van der Waals surface area contributed by atoms with Crippen molar-refractivity contribution >= 4 is 5.97 Å². The van der Waals surface area contributed by atoms with E-state index in [0.717, 1.165) is 5.56 Å². The van der Waals surface area contributed by atoms with Gasteiger partial charge in [-0.3, -0.25) is 4.68 Å². The third-order valence-corrected chi connectivity index (χ3v) is 2.28. The maximum Gasteiger partial charge on any atom is 0.339 e. The van der Waals surface area contributed by atoms with Gasteiger partial charge in [-0.2, -0.15) is 5.10 Å². The summed E-state index contributed by atoms with van der Waals surface area (Å²) in [5.74, 6) is -0.306. The van der Waals surface area contributed by atoms with E-state index in [9.17, 15) is 4.79 Å². The summed E-state index contributed by atoms with van der Waals surface area (Å²) < 4.78 is 6.67. The van der Waals surface area contributed by atoms with Crippen LogP contribution < -0.4 is 0 Å². The summed E-state index contributed by atoms with van der Waals surface area (Å²) in [6.07, 6.45) is 2.87. The molecule has 0 saturated carbocycles. The lowest BCUT2D eigenvalue weighted by molar-refractivity contribution is 0.0697. The van der Waals surface area contributed by atoms with Crippen LogP contribution in [-0.2, 0) is 7.05 Å². The molecule has 0 saturated heterocycles. The molecule has 0 atom stereocenters. The van der Waals surface area contributed by atoms with Gasteiger partial charge in [0.2, 0.25) is 0 Å². The van der Waals surface area contributed by atoms with Gasteiger partial charge >= 0.3 is 5.97 Å². The van der Waals surface area contributed by atoms with Crippen LogP contribution in [0.1, 0.15) is 16.1 Å². The highest BCUT2D eigenvalue weighted by atomic mass is 16.4. The molecule has 0 aliphatic rings. The van der Waals surface area contributed by atoms with Crippen molar-refractivity contribution in [1.29, 1.82) is 0 Å². The van der Waals surface area contributed by atoms with Crippen LogP contribution in [0.25, 0.3) is 11.3 Å². The molecule has 0 bridgehead atoms. The van der Waals surface area contributed by atoms with Gasteiger partial charge < -0.3 is 9.52 Å². The van der Waals surface area contributed by atoms with E-state index in [-0.39, 0.29) is 5.56 Å². The van der Waals surface area contributed by atoms with Crippen molar-refractivity contribution < 1.29 is 14.3 Å². The van der Waals surface area contributed by atoms with E-state index in [4.69, 9.17) is 9.52 Å². The summed E-state index contributed by atoms with van der Waals surface area (Å²) in [6, 6.07) is 1.73. The molecule has 2 rings (SSSR count). The van der Waals surface area contributed by atoms with E-state index in [0.29, 0.717) is 11.5 Å². The largest absolute Gasteiger partial charge is 0.478 e. The second-order valence-corrected chi connectivity index (χ2v) is 3.23. The summed E-state index contributed by atoms with van der Waals surface area (Å²) >= 11 is 0. The third kappa shape index (κ3) is 1.41. The van der Waals surface area contributed by atoms with E-state index in [2.05, 4.69) is 5.10 Å². The molecule has 0 radical (unpaired) electrons. The fourth-order valence-corrected chi connectivity index (χ4v) is 1.54. The van der Waals surface area contributed by atoms with Gasteiger partial charge in [0, 0.05) is 12.6 Å². The van der Waals surface area contributed by atoms with E-state index >= 15 is 0 Å². The van der Waals surface area contributed by atoms with Crippen molar-refractivity contribution in [2.45, 2.75) is 6.92 Å². The molecule has 2 aromatic rings.